The fraction of sp³-hybridized carbons (Fsp3) is 0.389. The van der Waals surface area contributed by atoms with Gasteiger partial charge in [-0.15, -0.1) is 0 Å². The molecule has 1 aliphatic rings. The average molecular weight is 414 g/mol. The molecule has 0 unspecified atom stereocenters. The maximum atomic E-state index is 12.6. The van der Waals surface area contributed by atoms with Crippen LogP contribution in [-0.2, 0) is 16.6 Å². The molecule has 0 atom stereocenters. The van der Waals surface area contributed by atoms with E-state index in [1.165, 1.54) is 41.6 Å². The third-order valence-corrected chi connectivity index (χ3v) is 6.39. The minimum absolute atomic E-state index is 0.00643. The van der Waals surface area contributed by atoms with Gasteiger partial charge < -0.3 is 14.5 Å². The van der Waals surface area contributed by atoms with Crippen molar-refractivity contribution in [3.05, 3.63) is 47.4 Å². The Bertz CT molecular complexity index is 935. The summed E-state index contributed by atoms with van der Waals surface area (Å²) in [5, 5.41) is 2.61. The maximum absolute atomic E-state index is 12.6. The first-order chi connectivity index (χ1) is 13.3. The van der Waals surface area contributed by atoms with Crippen LogP contribution >= 0.6 is 0 Å². The lowest BCUT2D eigenvalue weighted by molar-refractivity contribution is -0.0498. The molecule has 0 spiro atoms. The van der Waals surface area contributed by atoms with Gasteiger partial charge in [-0.1, -0.05) is 12.1 Å². The topological polar surface area (TPSA) is 88.8 Å². The van der Waals surface area contributed by atoms with Gasteiger partial charge in [0.05, 0.1) is 0 Å². The molecule has 10 heteroatoms. The lowest BCUT2D eigenvalue weighted by atomic mass is 10.2. The lowest BCUT2D eigenvalue weighted by Crippen LogP contribution is -2.28. The van der Waals surface area contributed by atoms with Crippen molar-refractivity contribution >= 4 is 15.9 Å². The normalized spacial score (nSPS) is 15.1. The number of furan rings is 1. The van der Waals surface area contributed by atoms with E-state index in [1.54, 1.807) is 0 Å². The van der Waals surface area contributed by atoms with Crippen LogP contribution in [-0.4, -0.2) is 38.3 Å². The summed E-state index contributed by atoms with van der Waals surface area (Å²) < 4.78 is 60.6. The van der Waals surface area contributed by atoms with Crippen molar-refractivity contribution in [3.63, 3.8) is 0 Å². The van der Waals surface area contributed by atoms with Crippen molar-refractivity contribution in [2.75, 3.05) is 13.1 Å². The zero-order valence-corrected chi connectivity index (χ0v) is 16.0. The van der Waals surface area contributed by atoms with Gasteiger partial charge in [0, 0.05) is 25.7 Å². The molecule has 0 aliphatic carbocycles. The number of rotatable bonds is 7. The van der Waals surface area contributed by atoms with Gasteiger partial charge in [0.1, 0.15) is 16.4 Å². The quantitative estimate of drug-likeness (QED) is 0.753. The van der Waals surface area contributed by atoms with Gasteiger partial charge in [0.25, 0.3) is 5.91 Å². The van der Waals surface area contributed by atoms with E-state index in [2.05, 4.69) is 10.1 Å². The van der Waals surface area contributed by atoms with E-state index in [1.807, 2.05) is 0 Å². The Labute approximate surface area is 161 Å². The number of aryl methyl sites for hydroxylation is 1. The van der Waals surface area contributed by atoms with Crippen LogP contribution in [0.3, 0.4) is 0 Å². The fourth-order valence-corrected chi connectivity index (χ4v) is 4.64. The highest BCUT2D eigenvalue weighted by Gasteiger charge is 2.31. The second-order valence-corrected chi connectivity index (χ2v) is 8.25. The molecule has 2 heterocycles. The molecule has 1 saturated heterocycles. The number of amides is 1. The average Bonchev–Trinajstić information content (AvgIpc) is 3.31. The summed E-state index contributed by atoms with van der Waals surface area (Å²) in [5.41, 5.74) is 0.656. The van der Waals surface area contributed by atoms with E-state index < -0.39 is 22.5 Å². The Morgan fingerprint density at radius 2 is 1.89 bits per heavy atom. The molecule has 1 N–H and O–H groups in total. The van der Waals surface area contributed by atoms with Crippen LogP contribution in [0.2, 0.25) is 0 Å². The number of nitrogens with one attached hydrogen (secondary N) is 1. The standard InChI is InChI=1S/C18H20F2N2O5S/c1-12-16(28(24,25)22-8-2-3-9-22)10-15(26-12)17(23)21-11-13-4-6-14(7-5-13)27-18(19)20/h4-7,10,18H,2-3,8-9,11H2,1H3,(H,21,23). The number of halogens is 2. The smallest absolute Gasteiger partial charge is 0.387 e. The number of carbonyl (C=O) groups is 1. The van der Waals surface area contributed by atoms with E-state index in [9.17, 15) is 22.0 Å². The van der Waals surface area contributed by atoms with Crippen LogP contribution in [0, 0.1) is 6.92 Å². The molecular formula is C18H20F2N2O5S. The molecule has 3 rings (SSSR count). The number of ether oxygens (including phenoxy) is 1. The third-order valence-electron chi connectivity index (χ3n) is 4.38. The maximum Gasteiger partial charge on any atom is 0.387 e. The summed E-state index contributed by atoms with van der Waals surface area (Å²) in [5.74, 6) is -0.499. The Kier molecular flexibility index (Phi) is 5.99. The van der Waals surface area contributed by atoms with Crippen LogP contribution < -0.4 is 10.1 Å². The van der Waals surface area contributed by atoms with E-state index in [4.69, 9.17) is 4.42 Å². The van der Waals surface area contributed by atoms with Gasteiger partial charge in [-0.05, 0) is 37.5 Å². The van der Waals surface area contributed by atoms with Crippen LogP contribution in [0.5, 0.6) is 5.75 Å². The van der Waals surface area contributed by atoms with Crippen LogP contribution in [0.4, 0.5) is 8.78 Å². The second kappa shape index (κ2) is 8.27. The molecule has 0 saturated carbocycles. The van der Waals surface area contributed by atoms with Gasteiger partial charge in [-0.2, -0.15) is 13.1 Å². The van der Waals surface area contributed by atoms with Crippen LogP contribution in [0.15, 0.2) is 39.6 Å². The first-order valence-electron chi connectivity index (χ1n) is 8.70. The predicted octanol–water partition coefficient (Wildman–Crippen LogP) is 2.90. The zero-order chi connectivity index (χ0) is 20.3. The number of alkyl halides is 2. The Hall–Kier alpha value is -2.46. The number of carbonyl (C=O) groups excluding carboxylic acids is 1. The monoisotopic (exact) mass is 414 g/mol. The number of sulfonamides is 1. The lowest BCUT2D eigenvalue weighted by Gasteiger charge is -2.14. The summed E-state index contributed by atoms with van der Waals surface area (Å²) in [4.78, 5) is 12.3. The number of hydrogen-bond acceptors (Lipinski definition) is 5. The van der Waals surface area contributed by atoms with Crippen molar-refractivity contribution in [3.8, 4) is 5.75 Å². The molecule has 152 valence electrons. The van der Waals surface area contributed by atoms with Gasteiger partial charge >= 0.3 is 6.61 Å². The Balaban J connectivity index is 1.65. The molecule has 28 heavy (non-hydrogen) atoms. The predicted molar refractivity (Wildman–Crippen MR) is 95.7 cm³/mol. The van der Waals surface area contributed by atoms with Crippen molar-refractivity contribution in [2.45, 2.75) is 37.8 Å². The van der Waals surface area contributed by atoms with E-state index in [0.717, 1.165) is 12.8 Å². The Morgan fingerprint density at radius 1 is 1.25 bits per heavy atom. The SMILES string of the molecule is Cc1oc(C(=O)NCc2ccc(OC(F)F)cc2)cc1S(=O)(=O)N1CCCC1. The van der Waals surface area contributed by atoms with Crippen molar-refractivity contribution in [1.82, 2.24) is 9.62 Å². The van der Waals surface area contributed by atoms with Gasteiger partial charge in [0.2, 0.25) is 10.0 Å². The molecule has 1 amide bonds. The Morgan fingerprint density at radius 3 is 2.50 bits per heavy atom. The summed E-state index contributed by atoms with van der Waals surface area (Å²) in [6.45, 7) is -0.373. The first-order valence-corrected chi connectivity index (χ1v) is 10.1. The minimum Gasteiger partial charge on any atom is -0.455 e. The molecule has 2 aromatic rings. The van der Waals surface area contributed by atoms with Crippen molar-refractivity contribution < 1.29 is 31.1 Å². The molecule has 1 aliphatic heterocycles. The minimum atomic E-state index is -3.68. The largest absolute Gasteiger partial charge is 0.455 e. The first kappa shape index (κ1) is 20.3. The molecule has 1 aromatic carbocycles. The van der Waals surface area contributed by atoms with E-state index in [0.29, 0.717) is 18.7 Å². The fourth-order valence-electron chi connectivity index (χ4n) is 2.96. The summed E-state index contributed by atoms with van der Waals surface area (Å²) in [7, 11) is -3.68. The van der Waals surface area contributed by atoms with E-state index >= 15 is 0 Å². The summed E-state index contributed by atoms with van der Waals surface area (Å²) in [6.07, 6.45) is 1.62. The molecule has 7 nitrogen and oxygen atoms in total. The molecular weight excluding hydrogens is 394 g/mol. The molecule has 0 radical (unpaired) electrons. The highest BCUT2D eigenvalue weighted by atomic mass is 32.2. The molecule has 0 bridgehead atoms. The van der Waals surface area contributed by atoms with Crippen LogP contribution in [0.25, 0.3) is 0 Å². The molecule has 1 fully saturated rings. The second-order valence-electron chi connectivity index (χ2n) is 6.35. The van der Waals surface area contributed by atoms with Gasteiger partial charge in [-0.25, -0.2) is 8.42 Å². The van der Waals surface area contributed by atoms with Crippen molar-refractivity contribution in [2.24, 2.45) is 0 Å². The van der Waals surface area contributed by atoms with Crippen LogP contribution in [0.1, 0.15) is 34.7 Å². The highest BCUT2D eigenvalue weighted by Crippen LogP contribution is 2.26. The molecule has 1 aromatic heterocycles. The third kappa shape index (κ3) is 4.50. The van der Waals surface area contributed by atoms with Gasteiger partial charge in [0.15, 0.2) is 5.76 Å². The highest BCUT2D eigenvalue weighted by molar-refractivity contribution is 7.89. The van der Waals surface area contributed by atoms with Gasteiger partial charge in [-0.3, -0.25) is 4.79 Å². The summed E-state index contributed by atoms with van der Waals surface area (Å²) in [6, 6.07) is 7.04. The zero-order valence-electron chi connectivity index (χ0n) is 15.2. The van der Waals surface area contributed by atoms with Crippen molar-refractivity contribution in [1.29, 1.82) is 0 Å². The number of hydrogen-bond donors (Lipinski definition) is 1. The summed E-state index contributed by atoms with van der Waals surface area (Å²) >= 11 is 0. The van der Waals surface area contributed by atoms with E-state index in [-0.39, 0.29) is 28.7 Å². The number of nitrogens with zero attached hydrogens (tertiary/aromatic N) is 1. The number of benzene rings is 1.